The maximum Gasteiger partial charge on any atom is 0.263 e. The van der Waals surface area contributed by atoms with Gasteiger partial charge in [0.25, 0.3) is 11.9 Å². The predicted octanol–water partition coefficient (Wildman–Crippen LogP) is 0.558. The number of nitrogens with zero attached hydrogens (tertiary/aromatic N) is 5. The van der Waals surface area contributed by atoms with Gasteiger partial charge in [-0.1, -0.05) is 33.2 Å². The van der Waals surface area contributed by atoms with Crippen molar-refractivity contribution in [3.05, 3.63) is 34.3 Å². The number of carbonyl (C=O) groups excluding carboxylic acids is 1. The highest BCUT2D eigenvalue weighted by atomic mass is 79.9. The van der Waals surface area contributed by atoms with Crippen LogP contribution in [0.5, 0.6) is 0 Å². The van der Waals surface area contributed by atoms with E-state index in [0.29, 0.717) is 5.71 Å². The minimum Gasteiger partial charge on any atom is -0.365 e. The van der Waals surface area contributed by atoms with Crippen LogP contribution in [0.4, 0.5) is 5.95 Å². The molecule has 8 nitrogen and oxygen atoms in total. The minimum atomic E-state index is -0.362. The van der Waals surface area contributed by atoms with Crippen LogP contribution in [0.25, 0.3) is 0 Å². The lowest BCUT2D eigenvalue weighted by Crippen LogP contribution is -2.25. The second-order valence-corrected chi connectivity index (χ2v) is 4.83. The lowest BCUT2D eigenvalue weighted by atomic mass is 10.1. The van der Waals surface area contributed by atoms with E-state index in [0.717, 1.165) is 14.8 Å². The molecule has 2 rings (SSSR count). The monoisotopic (exact) mass is 337 g/mol. The van der Waals surface area contributed by atoms with E-state index in [9.17, 15) is 4.79 Å². The fraction of sp³-hybridized carbons (Fsp3) is 0.182. The van der Waals surface area contributed by atoms with Gasteiger partial charge in [0.2, 0.25) is 0 Å². The molecule has 104 valence electrons. The summed E-state index contributed by atoms with van der Waals surface area (Å²) in [4.78, 5) is 12.7. The Labute approximate surface area is 123 Å². The second-order valence-electron chi connectivity index (χ2n) is 3.92. The molecule has 0 saturated heterocycles. The van der Waals surface area contributed by atoms with E-state index in [1.54, 1.807) is 6.92 Å². The zero-order chi connectivity index (χ0) is 14.5. The summed E-state index contributed by atoms with van der Waals surface area (Å²) in [5, 5.41) is 14.8. The first-order valence-electron chi connectivity index (χ1n) is 5.67. The number of hydrogen-bond acceptors (Lipinski definition) is 6. The van der Waals surface area contributed by atoms with E-state index >= 15 is 0 Å². The minimum absolute atomic E-state index is 0.0207. The van der Waals surface area contributed by atoms with Crippen LogP contribution in [-0.4, -0.2) is 31.8 Å². The summed E-state index contributed by atoms with van der Waals surface area (Å²) in [6.07, 6.45) is 0. The standard InChI is InChI=1S/C11H12BrN7O/c1-7(8-2-4-9(12)5-3-8)14-15-10(20)6-19-17-11(13)16-18-19/h2-5H,6H2,1H3,(H2,13,17)(H,15,20). The van der Waals surface area contributed by atoms with E-state index in [2.05, 4.69) is 41.9 Å². The van der Waals surface area contributed by atoms with E-state index in [1.807, 2.05) is 24.3 Å². The zero-order valence-corrected chi connectivity index (χ0v) is 12.2. The highest BCUT2D eigenvalue weighted by molar-refractivity contribution is 9.10. The summed E-state index contributed by atoms with van der Waals surface area (Å²) < 4.78 is 0.980. The van der Waals surface area contributed by atoms with Crippen molar-refractivity contribution in [2.45, 2.75) is 13.5 Å². The molecular formula is C11H12BrN7O. The molecule has 0 fully saturated rings. The molecule has 9 heteroatoms. The number of tetrazole rings is 1. The van der Waals surface area contributed by atoms with Gasteiger partial charge in [0.1, 0.15) is 6.54 Å². The van der Waals surface area contributed by atoms with Crippen molar-refractivity contribution < 1.29 is 4.79 Å². The van der Waals surface area contributed by atoms with Crippen LogP contribution in [0.2, 0.25) is 0 Å². The molecule has 3 N–H and O–H groups in total. The topological polar surface area (TPSA) is 111 Å². The molecule has 1 aromatic heterocycles. The maximum atomic E-state index is 11.6. The molecular weight excluding hydrogens is 326 g/mol. The van der Waals surface area contributed by atoms with Crippen molar-refractivity contribution >= 4 is 33.5 Å². The van der Waals surface area contributed by atoms with Crippen molar-refractivity contribution in [1.82, 2.24) is 25.6 Å². The van der Waals surface area contributed by atoms with Crippen molar-refractivity contribution in [3.63, 3.8) is 0 Å². The Morgan fingerprint density at radius 3 is 2.75 bits per heavy atom. The van der Waals surface area contributed by atoms with Gasteiger partial charge in [-0.25, -0.2) is 5.43 Å². The Morgan fingerprint density at radius 1 is 1.45 bits per heavy atom. The summed E-state index contributed by atoms with van der Waals surface area (Å²) in [7, 11) is 0. The Hall–Kier alpha value is -2.29. The fourth-order valence-corrected chi connectivity index (χ4v) is 1.65. The number of rotatable bonds is 4. The van der Waals surface area contributed by atoms with Crippen LogP contribution < -0.4 is 11.2 Å². The zero-order valence-electron chi connectivity index (χ0n) is 10.6. The third-order valence-electron chi connectivity index (χ3n) is 2.36. The van der Waals surface area contributed by atoms with Crippen LogP contribution in [0.3, 0.4) is 0 Å². The molecule has 1 heterocycles. The van der Waals surface area contributed by atoms with Gasteiger partial charge in [-0.2, -0.15) is 9.90 Å². The lowest BCUT2D eigenvalue weighted by molar-refractivity contribution is -0.122. The van der Waals surface area contributed by atoms with Crippen LogP contribution in [-0.2, 0) is 11.3 Å². The largest absolute Gasteiger partial charge is 0.365 e. The number of amides is 1. The second kappa shape index (κ2) is 6.24. The molecule has 1 amide bonds. The normalized spacial score (nSPS) is 11.4. The van der Waals surface area contributed by atoms with E-state index in [-0.39, 0.29) is 18.4 Å². The number of anilines is 1. The molecule has 0 atom stereocenters. The Balaban J connectivity index is 1.94. The molecule has 0 aliphatic carbocycles. The maximum absolute atomic E-state index is 11.6. The summed E-state index contributed by atoms with van der Waals surface area (Å²) >= 11 is 3.35. The summed E-state index contributed by atoms with van der Waals surface area (Å²) in [5.41, 5.74) is 9.32. The SMILES string of the molecule is CC(=NNC(=O)Cn1nnc(N)n1)c1ccc(Br)cc1. The van der Waals surface area contributed by atoms with Gasteiger partial charge in [0.05, 0.1) is 5.71 Å². The molecule has 2 aromatic rings. The molecule has 0 aliphatic heterocycles. The molecule has 0 bridgehead atoms. The van der Waals surface area contributed by atoms with E-state index in [4.69, 9.17) is 5.73 Å². The first kappa shape index (κ1) is 14.1. The third-order valence-corrected chi connectivity index (χ3v) is 2.89. The highest BCUT2D eigenvalue weighted by Gasteiger charge is 2.05. The molecule has 0 saturated carbocycles. The first-order valence-corrected chi connectivity index (χ1v) is 6.46. The molecule has 1 aromatic carbocycles. The number of nitrogens with one attached hydrogen (secondary N) is 1. The third kappa shape index (κ3) is 3.85. The first-order chi connectivity index (χ1) is 9.54. The molecule has 0 unspecified atom stereocenters. The van der Waals surface area contributed by atoms with Gasteiger partial charge in [-0.05, 0) is 29.8 Å². The van der Waals surface area contributed by atoms with Crippen molar-refractivity contribution in [2.75, 3.05) is 5.73 Å². The summed E-state index contributed by atoms with van der Waals surface area (Å²) in [6.45, 7) is 1.70. The average molecular weight is 338 g/mol. The smallest absolute Gasteiger partial charge is 0.263 e. The van der Waals surface area contributed by atoms with Crippen LogP contribution in [0.15, 0.2) is 33.8 Å². The number of hydrogen-bond donors (Lipinski definition) is 2. The lowest BCUT2D eigenvalue weighted by Gasteiger charge is -2.02. The van der Waals surface area contributed by atoms with Gasteiger partial charge < -0.3 is 5.73 Å². The summed E-state index contributed by atoms with van der Waals surface area (Å²) in [6, 6.07) is 7.60. The number of hydrazone groups is 1. The van der Waals surface area contributed by atoms with Gasteiger partial charge in [-0.15, -0.1) is 5.10 Å². The highest BCUT2D eigenvalue weighted by Crippen LogP contribution is 2.10. The fourth-order valence-electron chi connectivity index (χ4n) is 1.39. The number of nitrogen functional groups attached to an aromatic ring is 1. The van der Waals surface area contributed by atoms with Gasteiger partial charge in [-0.3, -0.25) is 4.79 Å². The van der Waals surface area contributed by atoms with E-state index < -0.39 is 0 Å². The number of benzene rings is 1. The van der Waals surface area contributed by atoms with Gasteiger partial charge in [0, 0.05) is 4.47 Å². The number of halogens is 1. The molecule has 0 aliphatic rings. The van der Waals surface area contributed by atoms with Gasteiger partial charge >= 0.3 is 0 Å². The Kier molecular flexibility index (Phi) is 4.41. The van der Waals surface area contributed by atoms with Crippen LogP contribution in [0, 0.1) is 0 Å². The van der Waals surface area contributed by atoms with E-state index in [1.165, 1.54) is 0 Å². The molecule has 0 radical (unpaired) electrons. The van der Waals surface area contributed by atoms with Crippen molar-refractivity contribution in [3.8, 4) is 0 Å². The summed E-state index contributed by atoms with van der Waals surface area (Å²) in [5.74, 6) is -0.341. The quantitative estimate of drug-likeness (QED) is 0.625. The van der Waals surface area contributed by atoms with Gasteiger partial charge in [0.15, 0.2) is 0 Å². The van der Waals surface area contributed by atoms with Crippen LogP contribution >= 0.6 is 15.9 Å². The predicted molar refractivity (Wildman–Crippen MR) is 76.7 cm³/mol. The van der Waals surface area contributed by atoms with Crippen molar-refractivity contribution in [1.29, 1.82) is 0 Å². The van der Waals surface area contributed by atoms with Crippen LogP contribution in [0.1, 0.15) is 12.5 Å². The average Bonchev–Trinajstić information content (AvgIpc) is 2.82. The molecule has 0 spiro atoms. The Morgan fingerprint density at radius 2 is 2.15 bits per heavy atom. The van der Waals surface area contributed by atoms with Crippen molar-refractivity contribution in [2.24, 2.45) is 5.10 Å². The number of aromatic nitrogens is 4. The number of carbonyl (C=O) groups is 1. The Bertz CT molecular complexity index is 634. The molecule has 20 heavy (non-hydrogen) atoms. The number of nitrogens with two attached hydrogens (primary N) is 1.